The molecular formula is C20H25N3O5. The van der Waals surface area contributed by atoms with Crippen molar-refractivity contribution in [1.82, 2.24) is 4.98 Å². The number of nitrogens with one attached hydrogen (secondary N) is 1. The molecule has 1 aromatic heterocycles. The van der Waals surface area contributed by atoms with E-state index < -0.39 is 0 Å². The second-order valence-corrected chi connectivity index (χ2v) is 6.22. The number of ether oxygens (including phenoxy) is 4. The summed E-state index contributed by atoms with van der Waals surface area (Å²) < 4.78 is 21.4. The van der Waals surface area contributed by atoms with E-state index in [9.17, 15) is 4.79 Å². The summed E-state index contributed by atoms with van der Waals surface area (Å²) in [7, 11) is 4.62. The van der Waals surface area contributed by atoms with E-state index in [1.807, 2.05) is 12.1 Å². The van der Waals surface area contributed by atoms with Crippen LogP contribution in [-0.4, -0.2) is 58.5 Å². The van der Waals surface area contributed by atoms with Gasteiger partial charge in [-0.15, -0.1) is 0 Å². The van der Waals surface area contributed by atoms with Crippen molar-refractivity contribution in [3.8, 4) is 17.2 Å². The molecule has 28 heavy (non-hydrogen) atoms. The van der Waals surface area contributed by atoms with Gasteiger partial charge in [0.15, 0.2) is 11.5 Å². The van der Waals surface area contributed by atoms with Crippen LogP contribution in [0.2, 0.25) is 0 Å². The number of aromatic nitrogens is 1. The van der Waals surface area contributed by atoms with Crippen LogP contribution in [0.4, 0.5) is 11.5 Å². The third kappa shape index (κ3) is 4.45. The number of benzene rings is 1. The lowest BCUT2D eigenvalue weighted by Crippen LogP contribution is -2.36. The van der Waals surface area contributed by atoms with Crippen LogP contribution in [0.1, 0.15) is 5.56 Å². The highest BCUT2D eigenvalue weighted by Gasteiger charge is 2.18. The van der Waals surface area contributed by atoms with Crippen LogP contribution in [0.3, 0.4) is 0 Å². The van der Waals surface area contributed by atoms with Crippen molar-refractivity contribution < 1.29 is 23.7 Å². The summed E-state index contributed by atoms with van der Waals surface area (Å²) >= 11 is 0. The largest absolute Gasteiger partial charge is 0.493 e. The number of nitrogens with zero attached hydrogens (tertiary/aromatic N) is 2. The van der Waals surface area contributed by atoms with Gasteiger partial charge in [-0.1, -0.05) is 6.07 Å². The van der Waals surface area contributed by atoms with Gasteiger partial charge in [0.25, 0.3) is 0 Å². The number of pyridine rings is 1. The SMILES string of the molecule is COc1ccc(CC(=O)Nc2ccc(N3CCOCC3)nc2)c(OC)c1OC. The van der Waals surface area contributed by atoms with Crippen LogP contribution in [0.25, 0.3) is 0 Å². The van der Waals surface area contributed by atoms with Gasteiger partial charge in [0.05, 0.1) is 52.8 Å². The molecule has 2 heterocycles. The fraction of sp³-hybridized carbons (Fsp3) is 0.400. The van der Waals surface area contributed by atoms with Gasteiger partial charge < -0.3 is 29.2 Å². The lowest BCUT2D eigenvalue weighted by Gasteiger charge is -2.27. The lowest BCUT2D eigenvalue weighted by atomic mass is 10.1. The molecule has 0 atom stereocenters. The van der Waals surface area contributed by atoms with Crippen molar-refractivity contribution in [3.05, 3.63) is 36.0 Å². The molecule has 1 N–H and O–H groups in total. The minimum atomic E-state index is -0.175. The Hall–Kier alpha value is -3.00. The molecule has 1 fully saturated rings. The van der Waals surface area contributed by atoms with E-state index in [-0.39, 0.29) is 12.3 Å². The summed E-state index contributed by atoms with van der Waals surface area (Å²) in [5, 5.41) is 2.87. The topological polar surface area (TPSA) is 82.2 Å². The molecule has 3 rings (SSSR count). The number of hydrogen-bond donors (Lipinski definition) is 1. The van der Waals surface area contributed by atoms with E-state index in [1.54, 1.807) is 25.4 Å². The fourth-order valence-electron chi connectivity index (χ4n) is 3.12. The van der Waals surface area contributed by atoms with Crippen molar-refractivity contribution in [2.24, 2.45) is 0 Å². The predicted molar refractivity (Wildman–Crippen MR) is 106 cm³/mol. The number of hydrogen-bond acceptors (Lipinski definition) is 7. The molecule has 1 aliphatic heterocycles. The van der Waals surface area contributed by atoms with E-state index in [2.05, 4.69) is 15.2 Å². The molecule has 0 radical (unpaired) electrons. The third-order valence-corrected chi connectivity index (χ3v) is 4.50. The molecule has 1 aliphatic rings. The number of carbonyl (C=O) groups is 1. The highest BCUT2D eigenvalue weighted by atomic mass is 16.5. The molecule has 0 bridgehead atoms. The molecular weight excluding hydrogens is 362 g/mol. The van der Waals surface area contributed by atoms with Crippen LogP contribution in [-0.2, 0) is 16.0 Å². The van der Waals surface area contributed by atoms with Gasteiger partial charge in [-0.2, -0.15) is 0 Å². The summed E-state index contributed by atoms with van der Waals surface area (Å²) in [4.78, 5) is 19.1. The van der Waals surface area contributed by atoms with Gasteiger partial charge in [-0.3, -0.25) is 4.79 Å². The molecule has 8 heteroatoms. The Morgan fingerprint density at radius 3 is 2.43 bits per heavy atom. The number of rotatable bonds is 7. The van der Waals surface area contributed by atoms with E-state index in [1.165, 1.54) is 14.2 Å². The fourth-order valence-corrected chi connectivity index (χ4v) is 3.12. The van der Waals surface area contributed by atoms with Gasteiger partial charge in [-0.25, -0.2) is 4.98 Å². The van der Waals surface area contributed by atoms with Crippen molar-refractivity contribution in [3.63, 3.8) is 0 Å². The number of methoxy groups -OCH3 is 3. The smallest absolute Gasteiger partial charge is 0.228 e. The highest BCUT2D eigenvalue weighted by Crippen LogP contribution is 2.39. The molecule has 8 nitrogen and oxygen atoms in total. The number of amides is 1. The van der Waals surface area contributed by atoms with E-state index in [0.29, 0.717) is 41.7 Å². The number of carbonyl (C=O) groups excluding carboxylic acids is 1. The molecule has 150 valence electrons. The quantitative estimate of drug-likeness (QED) is 0.779. The van der Waals surface area contributed by atoms with Crippen molar-refractivity contribution in [2.45, 2.75) is 6.42 Å². The van der Waals surface area contributed by atoms with Gasteiger partial charge >= 0.3 is 0 Å². The first-order chi connectivity index (χ1) is 13.7. The van der Waals surface area contributed by atoms with Crippen LogP contribution in [0.15, 0.2) is 30.5 Å². The van der Waals surface area contributed by atoms with Crippen LogP contribution >= 0.6 is 0 Å². The van der Waals surface area contributed by atoms with Crippen LogP contribution in [0.5, 0.6) is 17.2 Å². The normalized spacial score (nSPS) is 13.8. The summed E-state index contributed by atoms with van der Waals surface area (Å²) in [6, 6.07) is 7.29. The molecule has 1 amide bonds. The Kier molecular flexibility index (Phi) is 6.54. The van der Waals surface area contributed by atoms with Crippen molar-refractivity contribution in [1.29, 1.82) is 0 Å². The van der Waals surface area contributed by atoms with E-state index in [0.717, 1.165) is 18.9 Å². The molecule has 0 spiro atoms. The molecule has 0 unspecified atom stereocenters. The third-order valence-electron chi connectivity index (χ3n) is 4.50. The Morgan fingerprint density at radius 1 is 1.07 bits per heavy atom. The summed E-state index contributed by atoms with van der Waals surface area (Å²) in [5.41, 5.74) is 1.34. The molecule has 0 aliphatic carbocycles. The maximum Gasteiger partial charge on any atom is 0.228 e. The second kappa shape index (κ2) is 9.27. The molecule has 1 aromatic carbocycles. The summed E-state index contributed by atoms with van der Waals surface area (Å²) in [6.45, 7) is 3.04. The van der Waals surface area contributed by atoms with E-state index in [4.69, 9.17) is 18.9 Å². The summed E-state index contributed by atoms with van der Waals surface area (Å²) in [5.74, 6) is 2.20. The zero-order valence-corrected chi connectivity index (χ0v) is 16.4. The van der Waals surface area contributed by atoms with Crippen molar-refractivity contribution >= 4 is 17.4 Å². The zero-order valence-electron chi connectivity index (χ0n) is 16.4. The van der Waals surface area contributed by atoms with Gasteiger partial charge in [0.1, 0.15) is 5.82 Å². The van der Waals surface area contributed by atoms with Crippen molar-refractivity contribution in [2.75, 3.05) is 57.8 Å². The maximum absolute atomic E-state index is 12.5. The average molecular weight is 387 g/mol. The predicted octanol–water partition coefficient (Wildman–Crippen LogP) is 2.13. The number of anilines is 2. The Bertz CT molecular complexity index is 804. The minimum Gasteiger partial charge on any atom is -0.493 e. The average Bonchev–Trinajstić information content (AvgIpc) is 2.74. The molecule has 0 saturated carbocycles. The first-order valence-corrected chi connectivity index (χ1v) is 9.02. The summed E-state index contributed by atoms with van der Waals surface area (Å²) in [6.07, 6.45) is 1.79. The second-order valence-electron chi connectivity index (χ2n) is 6.22. The monoisotopic (exact) mass is 387 g/mol. The minimum absolute atomic E-state index is 0.134. The zero-order chi connectivity index (χ0) is 19.9. The Balaban J connectivity index is 1.67. The van der Waals surface area contributed by atoms with Gasteiger partial charge in [-0.05, 0) is 18.2 Å². The molecule has 1 saturated heterocycles. The Morgan fingerprint density at radius 2 is 1.82 bits per heavy atom. The number of morpholine rings is 1. The first kappa shape index (κ1) is 19.8. The Labute approximate surface area is 164 Å². The van der Waals surface area contributed by atoms with Crippen LogP contribution < -0.4 is 24.4 Å². The van der Waals surface area contributed by atoms with Gasteiger partial charge in [0, 0.05) is 18.7 Å². The maximum atomic E-state index is 12.5. The van der Waals surface area contributed by atoms with E-state index >= 15 is 0 Å². The molecule has 2 aromatic rings. The standard InChI is InChI=1S/C20H25N3O5/c1-25-16-6-4-14(19(26-2)20(16)27-3)12-18(24)22-15-5-7-17(21-13-15)23-8-10-28-11-9-23/h4-7,13H,8-12H2,1-3H3,(H,22,24). The van der Waals surface area contributed by atoms with Gasteiger partial charge in [0.2, 0.25) is 11.7 Å². The first-order valence-electron chi connectivity index (χ1n) is 9.02. The highest BCUT2D eigenvalue weighted by molar-refractivity contribution is 5.92. The lowest BCUT2D eigenvalue weighted by molar-refractivity contribution is -0.115. The van der Waals surface area contributed by atoms with Crippen LogP contribution in [0, 0.1) is 0 Å².